The van der Waals surface area contributed by atoms with Crippen molar-refractivity contribution >= 4 is 39.2 Å². The average molecular weight is 454 g/mol. The van der Waals surface area contributed by atoms with E-state index < -0.39 is 17.1 Å². The lowest BCUT2D eigenvalue weighted by Gasteiger charge is -2.10. The number of hydrogen-bond acceptors (Lipinski definition) is 9. The van der Waals surface area contributed by atoms with Gasteiger partial charge in [-0.3, -0.25) is 14.4 Å². The number of fused-ring (bicyclic) bond motifs is 2. The van der Waals surface area contributed by atoms with Crippen LogP contribution in [0.1, 0.15) is 12.5 Å². The van der Waals surface area contributed by atoms with Crippen molar-refractivity contribution < 1.29 is 23.7 Å². The first kappa shape index (κ1) is 21.3. The molecule has 0 spiro atoms. The van der Waals surface area contributed by atoms with E-state index in [0.717, 1.165) is 15.7 Å². The van der Waals surface area contributed by atoms with Gasteiger partial charge in [0.15, 0.2) is 23.0 Å². The van der Waals surface area contributed by atoms with E-state index in [-0.39, 0.29) is 20.6 Å². The van der Waals surface area contributed by atoms with Crippen molar-refractivity contribution in [2.75, 3.05) is 21.3 Å². The highest BCUT2D eigenvalue weighted by Crippen LogP contribution is 2.32. The molecule has 4 aromatic rings. The number of carbonyl (C=O) groups excluding carboxylic acids is 1. The molecule has 164 valence electrons. The van der Waals surface area contributed by atoms with Crippen molar-refractivity contribution in [3.8, 4) is 23.0 Å². The van der Waals surface area contributed by atoms with Gasteiger partial charge in [0, 0.05) is 18.6 Å². The van der Waals surface area contributed by atoms with Gasteiger partial charge in [-0.05, 0) is 18.2 Å². The predicted octanol–water partition coefficient (Wildman–Crippen LogP) is 1.77. The molecule has 0 aliphatic carbocycles. The Labute approximate surface area is 185 Å². The van der Waals surface area contributed by atoms with Crippen LogP contribution in [0, 0.1) is 0 Å². The number of nitrogens with zero attached hydrogens (tertiary/aromatic N) is 2. The Morgan fingerprint density at radius 3 is 2.34 bits per heavy atom. The Bertz CT molecular complexity index is 1540. The normalized spacial score (nSPS) is 11.7. The molecule has 0 unspecified atom stereocenters. The minimum absolute atomic E-state index is 0.180. The lowest BCUT2D eigenvalue weighted by atomic mass is 10.1. The molecular weight excluding hydrogens is 436 g/mol. The third-order valence-corrected chi connectivity index (χ3v) is 5.69. The van der Waals surface area contributed by atoms with E-state index in [1.807, 2.05) is 0 Å². The molecule has 32 heavy (non-hydrogen) atoms. The van der Waals surface area contributed by atoms with Gasteiger partial charge in [0.1, 0.15) is 0 Å². The van der Waals surface area contributed by atoms with Crippen LogP contribution in [-0.4, -0.2) is 36.7 Å². The summed E-state index contributed by atoms with van der Waals surface area (Å²) in [6.07, 6.45) is 1.54. The van der Waals surface area contributed by atoms with Gasteiger partial charge in [-0.1, -0.05) is 23.5 Å². The number of methoxy groups -OCH3 is 3. The third kappa shape index (κ3) is 3.54. The lowest BCUT2D eigenvalue weighted by molar-refractivity contribution is -0.132. The second-order valence-electron chi connectivity index (χ2n) is 6.65. The molecule has 0 aliphatic heterocycles. The first-order valence-electron chi connectivity index (χ1n) is 9.36. The Morgan fingerprint density at radius 2 is 1.69 bits per heavy atom. The average Bonchev–Trinajstić information content (AvgIpc) is 3.08. The number of aromatic nitrogens is 2. The number of carbonyl (C=O) groups is 1. The number of esters is 1. The van der Waals surface area contributed by atoms with Gasteiger partial charge in [-0.25, -0.2) is 9.38 Å². The van der Waals surface area contributed by atoms with Crippen LogP contribution in [0.25, 0.3) is 21.9 Å². The summed E-state index contributed by atoms with van der Waals surface area (Å²) in [6.45, 7) is 1.27. The molecule has 2 aromatic heterocycles. The van der Waals surface area contributed by atoms with Gasteiger partial charge >= 0.3 is 5.97 Å². The molecule has 0 radical (unpaired) electrons. The van der Waals surface area contributed by atoms with E-state index in [9.17, 15) is 14.4 Å². The van der Waals surface area contributed by atoms with Crippen molar-refractivity contribution in [2.24, 2.45) is 0 Å². The Morgan fingerprint density at radius 1 is 1.00 bits per heavy atom. The van der Waals surface area contributed by atoms with Crippen LogP contribution in [0.3, 0.4) is 0 Å². The maximum absolute atomic E-state index is 13.1. The number of hydrogen-bond donors (Lipinski definition) is 0. The molecule has 0 aliphatic rings. The van der Waals surface area contributed by atoms with Crippen LogP contribution in [0.2, 0.25) is 0 Å². The fourth-order valence-electron chi connectivity index (χ4n) is 3.28. The zero-order valence-electron chi connectivity index (χ0n) is 17.6. The largest absolute Gasteiger partial charge is 0.493 e. The van der Waals surface area contributed by atoms with Gasteiger partial charge in [-0.15, -0.1) is 0 Å². The number of para-hydroxylation sites is 1. The summed E-state index contributed by atoms with van der Waals surface area (Å²) in [5, 5.41) is 0.226. The van der Waals surface area contributed by atoms with E-state index in [1.165, 1.54) is 40.4 Å². The summed E-state index contributed by atoms with van der Waals surface area (Å²) in [6, 6.07) is 8.10. The number of thiazole rings is 1. The number of rotatable bonds is 5. The number of ether oxygens (including phenoxy) is 4. The fourth-order valence-corrected chi connectivity index (χ4v) is 4.25. The molecule has 9 nitrogen and oxygen atoms in total. The SMILES string of the molecule is COc1cc2nc3s/c(=C\c4cccc(OC)c4OC(C)=O)c(=O)n3c(=O)c2cc1OC. The quantitative estimate of drug-likeness (QED) is 0.332. The molecule has 0 bridgehead atoms. The van der Waals surface area contributed by atoms with Gasteiger partial charge in [0.05, 0.1) is 36.8 Å². The zero-order chi connectivity index (χ0) is 23.0. The second-order valence-corrected chi connectivity index (χ2v) is 7.66. The van der Waals surface area contributed by atoms with Gasteiger partial charge < -0.3 is 18.9 Å². The van der Waals surface area contributed by atoms with E-state index in [0.29, 0.717) is 28.3 Å². The zero-order valence-corrected chi connectivity index (χ0v) is 18.4. The van der Waals surface area contributed by atoms with Crippen LogP contribution in [0.4, 0.5) is 0 Å². The lowest BCUT2D eigenvalue weighted by Crippen LogP contribution is -2.31. The smallest absolute Gasteiger partial charge is 0.308 e. The Hall–Kier alpha value is -3.92. The molecule has 0 amide bonds. The van der Waals surface area contributed by atoms with Crippen LogP contribution in [0.5, 0.6) is 23.0 Å². The maximum atomic E-state index is 13.1. The minimum Gasteiger partial charge on any atom is -0.493 e. The summed E-state index contributed by atoms with van der Waals surface area (Å²) < 4.78 is 22.3. The van der Waals surface area contributed by atoms with Gasteiger partial charge in [0.25, 0.3) is 11.1 Å². The molecule has 2 heterocycles. The second kappa shape index (κ2) is 8.31. The highest BCUT2D eigenvalue weighted by atomic mass is 32.1. The van der Waals surface area contributed by atoms with Crippen molar-refractivity contribution in [2.45, 2.75) is 6.92 Å². The molecule has 0 fully saturated rings. The highest BCUT2D eigenvalue weighted by Gasteiger charge is 2.16. The van der Waals surface area contributed by atoms with Crippen molar-refractivity contribution in [3.05, 3.63) is 61.1 Å². The predicted molar refractivity (Wildman–Crippen MR) is 119 cm³/mol. The first-order chi connectivity index (χ1) is 15.4. The van der Waals surface area contributed by atoms with Crippen molar-refractivity contribution in [1.29, 1.82) is 0 Å². The summed E-state index contributed by atoms with van der Waals surface area (Å²) in [5.41, 5.74) is -0.222. The van der Waals surface area contributed by atoms with E-state index in [2.05, 4.69) is 4.98 Å². The number of benzene rings is 2. The van der Waals surface area contributed by atoms with Crippen LogP contribution in [0.15, 0.2) is 39.9 Å². The maximum Gasteiger partial charge on any atom is 0.308 e. The van der Waals surface area contributed by atoms with Gasteiger partial charge in [0.2, 0.25) is 4.96 Å². The van der Waals surface area contributed by atoms with Crippen molar-refractivity contribution in [1.82, 2.24) is 9.38 Å². The molecule has 2 aromatic carbocycles. The van der Waals surface area contributed by atoms with Crippen molar-refractivity contribution in [3.63, 3.8) is 0 Å². The molecule has 4 rings (SSSR count). The first-order valence-corrected chi connectivity index (χ1v) is 10.2. The highest BCUT2D eigenvalue weighted by molar-refractivity contribution is 7.15. The summed E-state index contributed by atoms with van der Waals surface area (Å²) in [4.78, 5) is 42.4. The van der Waals surface area contributed by atoms with Gasteiger partial charge in [-0.2, -0.15) is 0 Å². The van der Waals surface area contributed by atoms with E-state index in [1.54, 1.807) is 24.3 Å². The van der Waals surface area contributed by atoms with Crippen LogP contribution in [-0.2, 0) is 4.79 Å². The minimum atomic E-state index is -0.533. The Kier molecular flexibility index (Phi) is 5.54. The Balaban J connectivity index is 2.01. The third-order valence-electron chi connectivity index (χ3n) is 4.72. The molecule has 0 N–H and O–H groups in total. The topological polar surface area (TPSA) is 105 Å². The monoisotopic (exact) mass is 454 g/mol. The van der Waals surface area contributed by atoms with E-state index >= 15 is 0 Å². The molecular formula is C22H18N2O7S. The summed E-state index contributed by atoms with van der Waals surface area (Å²) in [5.74, 6) is 0.761. The van der Waals surface area contributed by atoms with E-state index in [4.69, 9.17) is 18.9 Å². The summed E-state index contributed by atoms with van der Waals surface area (Å²) >= 11 is 1.04. The molecule has 0 atom stereocenters. The molecule has 0 saturated carbocycles. The fraction of sp³-hybridized carbons (Fsp3) is 0.182. The standard InChI is InChI=1S/C22H18N2O7S/c1-11(25)31-19-12(6-5-7-15(19)28-2)8-18-21(27)24-20(26)13-9-16(29-3)17(30-4)10-14(13)23-22(24)32-18/h5-10H,1-4H3/b18-8-. The molecule has 10 heteroatoms. The van der Waals surface area contributed by atoms with Crippen LogP contribution < -0.4 is 34.6 Å². The van der Waals surface area contributed by atoms with Crippen LogP contribution >= 0.6 is 11.3 Å². The molecule has 0 saturated heterocycles. The summed E-state index contributed by atoms with van der Waals surface area (Å²) in [7, 11) is 4.39.